The van der Waals surface area contributed by atoms with Crippen molar-refractivity contribution in [3.05, 3.63) is 12.2 Å². The third-order valence-corrected chi connectivity index (χ3v) is 2.69. The van der Waals surface area contributed by atoms with E-state index in [0.29, 0.717) is 5.41 Å². The second kappa shape index (κ2) is 7.05. The standard InChI is InChI=1S/C13H27N/c1-6-14-11-10-13(4,5)9-7-8-12(2)3/h14H,2,6-11H2,1,3-5H3. The van der Waals surface area contributed by atoms with Gasteiger partial charge < -0.3 is 5.32 Å². The van der Waals surface area contributed by atoms with Crippen molar-refractivity contribution < 1.29 is 0 Å². The van der Waals surface area contributed by atoms with E-state index in [-0.39, 0.29) is 0 Å². The lowest BCUT2D eigenvalue weighted by atomic mass is 9.83. The lowest BCUT2D eigenvalue weighted by Crippen LogP contribution is -2.22. The Hall–Kier alpha value is -0.300. The fraction of sp³-hybridized carbons (Fsp3) is 0.846. The molecule has 0 saturated carbocycles. The predicted molar refractivity (Wildman–Crippen MR) is 65.6 cm³/mol. The molecule has 0 saturated heterocycles. The van der Waals surface area contributed by atoms with Gasteiger partial charge >= 0.3 is 0 Å². The summed E-state index contributed by atoms with van der Waals surface area (Å²) < 4.78 is 0. The predicted octanol–water partition coefficient (Wildman–Crippen LogP) is 3.76. The fourth-order valence-corrected chi connectivity index (χ4v) is 1.60. The van der Waals surface area contributed by atoms with E-state index in [1.165, 1.54) is 31.3 Å². The van der Waals surface area contributed by atoms with Crippen molar-refractivity contribution in [1.82, 2.24) is 5.32 Å². The highest BCUT2D eigenvalue weighted by Crippen LogP contribution is 2.27. The molecule has 0 amide bonds. The van der Waals surface area contributed by atoms with E-state index in [9.17, 15) is 0 Å². The quantitative estimate of drug-likeness (QED) is 0.461. The van der Waals surface area contributed by atoms with Gasteiger partial charge in [-0.3, -0.25) is 0 Å². The van der Waals surface area contributed by atoms with Crippen LogP contribution < -0.4 is 5.32 Å². The number of nitrogens with one attached hydrogen (secondary N) is 1. The molecule has 1 N–H and O–H groups in total. The highest BCUT2D eigenvalue weighted by molar-refractivity contribution is 4.88. The van der Waals surface area contributed by atoms with Crippen molar-refractivity contribution in [1.29, 1.82) is 0 Å². The first-order valence-electron chi connectivity index (χ1n) is 5.83. The maximum absolute atomic E-state index is 3.94. The van der Waals surface area contributed by atoms with Crippen LogP contribution in [0.4, 0.5) is 0 Å². The molecule has 0 aromatic heterocycles. The van der Waals surface area contributed by atoms with Crippen molar-refractivity contribution in [2.24, 2.45) is 5.41 Å². The van der Waals surface area contributed by atoms with Crippen molar-refractivity contribution in [2.45, 2.75) is 53.4 Å². The smallest absolute Gasteiger partial charge is 0.00439 e. The summed E-state index contributed by atoms with van der Waals surface area (Å²) in [6.07, 6.45) is 5.06. The average Bonchev–Trinajstić information content (AvgIpc) is 2.03. The average molecular weight is 197 g/mol. The summed E-state index contributed by atoms with van der Waals surface area (Å²) in [5.41, 5.74) is 1.80. The second-order valence-electron chi connectivity index (χ2n) is 5.08. The first kappa shape index (κ1) is 13.7. The molecule has 0 radical (unpaired) electrons. The zero-order valence-electron chi connectivity index (χ0n) is 10.4. The Kier molecular flexibility index (Phi) is 6.90. The minimum absolute atomic E-state index is 0.484. The Morgan fingerprint density at radius 3 is 2.43 bits per heavy atom. The van der Waals surface area contributed by atoms with Crippen LogP contribution >= 0.6 is 0 Å². The zero-order chi connectivity index (χ0) is 11.0. The number of rotatable bonds is 8. The van der Waals surface area contributed by atoms with Gasteiger partial charge in [-0.05, 0) is 51.1 Å². The zero-order valence-corrected chi connectivity index (χ0v) is 10.4. The minimum atomic E-state index is 0.484. The van der Waals surface area contributed by atoms with Crippen molar-refractivity contribution >= 4 is 0 Å². The Morgan fingerprint density at radius 1 is 1.29 bits per heavy atom. The summed E-state index contributed by atoms with van der Waals surface area (Å²) in [5.74, 6) is 0. The third-order valence-electron chi connectivity index (χ3n) is 2.69. The van der Waals surface area contributed by atoms with E-state index >= 15 is 0 Å². The molecular formula is C13H27N. The molecule has 0 aliphatic carbocycles. The molecule has 0 atom stereocenters. The first-order valence-corrected chi connectivity index (χ1v) is 5.83. The van der Waals surface area contributed by atoms with Crippen molar-refractivity contribution in [3.8, 4) is 0 Å². The largest absolute Gasteiger partial charge is 0.317 e. The van der Waals surface area contributed by atoms with Gasteiger partial charge in [0, 0.05) is 0 Å². The highest BCUT2D eigenvalue weighted by Gasteiger charge is 2.16. The summed E-state index contributed by atoms with van der Waals surface area (Å²) in [6.45, 7) is 15.2. The van der Waals surface area contributed by atoms with Gasteiger partial charge in [0.25, 0.3) is 0 Å². The van der Waals surface area contributed by atoms with Crippen molar-refractivity contribution in [3.63, 3.8) is 0 Å². The number of hydrogen-bond donors (Lipinski definition) is 1. The highest BCUT2D eigenvalue weighted by atomic mass is 14.8. The number of hydrogen-bond acceptors (Lipinski definition) is 1. The van der Waals surface area contributed by atoms with Crippen LogP contribution in [0.2, 0.25) is 0 Å². The molecular weight excluding hydrogens is 170 g/mol. The lowest BCUT2D eigenvalue weighted by Gasteiger charge is -2.24. The summed E-state index contributed by atoms with van der Waals surface area (Å²) in [5, 5.41) is 3.39. The maximum Gasteiger partial charge on any atom is -0.00439 e. The Bertz CT molecular complexity index is 159. The molecule has 0 unspecified atom stereocenters. The molecule has 14 heavy (non-hydrogen) atoms. The van der Waals surface area contributed by atoms with Gasteiger partial charge in [0.05, 0.1) is 0 Å². The number of allylic oxidation sites excluding steroid dienone is 1. The topological polar surface area (TPSA) is 12.0 Å². The van der Waals surface area contributed by atoms with Gasteiger partial charge in [0.2, 0.25) is 0 Å². The van der Waals surface area contributed by atoms with E-state index in [4.69, 9.17) is 0 Å². The van der Waals surface area contributed by atoms with Gasteiger partial charge in [-0.25, -0.2) is 0 Å². The van der Waals surface area contributed by atoms with Crippen LogP contribution in [0, 0.1) is 5.41 Å². The Morgan fingerprint density at radius 2 is 1.93 bits per heavy atom. The third kappa shape index (κ3) is 8.31. The molecule has 0 aliphatic heterocycles. The second-order valence-corrected chi connectivity index (χ2v) is 5.08. The van der Waals surface area contributed by atoms with Gasteiger partial charge in [-0.15, -0.1) is 6.58 Å². The fourth-order valence-electron chi connectivity index (χ4n) is 1.60. The molecule has 84 valence electrons. The van der Waals surface area contributed by atoms with Crippen LogP contribution in [-0.4, -0.2) is 13.1 Å². The Balaban J connectivity index is 3.55. The van der Waals surface area contributed by atoms with Crippen LogP contribution in [0.15, 0.2) is 12.2 Å². The van der Waals surface area contributed by atoms with Crippen LogP contribution in [0.3, 0.4) is 0 Å². The lowest BCUT2D eigenvalue weighted by molar-refractivity contribution is 0.295. The monoisotopic (exact) mass is 197 g/mol. The van der Waals surface area contributed by atoms with E-state index < -0.39 is 0 Å². The van der Waals surface area contributed by atoms with E-state index in [1.54, 1.807) is 0 Å². The van der Waals surface area contributed by atoms with E-state index in [2.05, 4.69) is 39.6 Å². The van der Waals surface area contributed by atoms with E-state index in [1.807, 2.05) is 0 Å². The van der Waals surface area contributed by atoms with Crippen LogP contribution in [0.1, 0.15) is 53.4 Å². The van der Waals surface area contributed by atoms with Crippen LogP contribution in [-0.2, 0) is 0 Å². The minimum Gasteiger partial charge on any atom is -0.317 e. The maximum atomic E-state index is 3.94. The summed E-state index contributed by atoms with van der Waals surface area (Å²) in [7, 11) is 0. The van der Waals surface area contributed by atoms with E-state index in [0.717, 1.165) is 13.1 Å². The molecule has 1 nitrogen and oxygen atoms in total. The Labute approximate surface area is 90.0 Å². The molecule has 0 bridgehead atoms. The van der Waals surface area contributed by atoms with Gasteiger partial charge in [-0.1, -0.05) is 26.3 Å². The molecule has 0 aliphatic rings. The van der Waals surface area contributed by atoms with Gasteiger partial charge in [0.15, 0.2) is 0 Å². The molecule has 0 fully saturated rings. The molecule has 0 aromatic rings. The van der Waals surface area contributed by atoms with Gasteiger partial charge in [0.1, 0.15) is 0 Å². The molecule has 0 heterocycles. The molecule has 0 aromatic carbocycles. The normalized spacial score (nSPS) is 11.7. The molecule has 0 rings (SSSR count). The SMILES string of the molecule is C=C(C)CCCC(C)(C)CCNCC. The summed E-state index contributed by atoms with van der Waals surface area (Å²) >= 11 is 0. The van der Waals surface area contributed by atoms with Crippen LogP contribution in [0.25, 0.3) is 0 Å². The summed E-state index contributed by atoms with van der Waals surface area (Å²) in [6, 6.07) is 0. The molecule has 1 heteroatoms. The summed E-state index contributed by atoms with van der Waals surface area (Å²) in [4.78, 5) is 0. The first-order chi connectivity index (χ1) is 6.48. The van der Waals surface area contributed by atoms with Gasteiger partial charge in [-0.2, -0.15) is 0 Å². The van der Waals surface area contributed by atoms with Crippen LogP contribution in [0.5, 0.6) is 0 Å². The molecule has 0 spiro atoms. The van der Waals surface area contributed by atoms with Crippen molar-refractivity contribution in [2.75, 3.05) is 13.1 Å².